The number of carbonyl (C=O) groups is 1. The van der Waals surface area contributed by atoms with Crippen LogP contribution in [0.3, 0.4) is 0 Å². The quantitative estimate of drug-likeness (QED) is 0.766. The smallest absolute Gasteiger partial charge is 0.339 e. The monoisotopic (exact) mass is 338 g/mol. The standard InChI is InChI=1S/C19H18N2O4/c1-12-17(19(22)23)15-10-14(5-6-16(15)25-12)24-11-13-4-2-7-20-18(13)21-8-3-9-21/h2,4-7,10H,3,8-9,11H2,1H3,(H,22,23). The van der Waals surface area contributed by atoms with Crippen molar-refractivity contribution in [2.45, 2.75) is 20.0 Å². The summed E-state index contributed by atoms with van der Waals surface area (Å²) in [5.74, 6) is 0.960. The van der Waals surface area contributed by atoms with Crippen LogP contribution >= 0.6 is 0 Å². The fourth-order valence-corrected chi connectivity index (χ4v) is 3.07. The second-order valence-corrected chi connectivity index (χ2v) is 6.11. The van der Waals surface area contributed by atoms with Crippen LogP contribution in [0.5, 0.6) is 5.75 Å². The van der Waals surface area contributed by atoms with Crippen molar-refractivity contribution in [2.24, 2.45) is 0 Å². The average Bonchev–Trinajstić information content (AvgIpc) is 2.87. The van der Waals surface area contributed by atoms with Crippen molar-refractivity contribution in [1.82, 2.24) is 4.98 Å². The molecule has 1 fully saturated rings. The summed E-state index contributed by atoms with van der Waals surface area (Å²) >= 11 is 0. The van der Waals surface area contributed by atoms with E-state index in [1.54, 1.807) is 31.3 Å². The first kappa shape index (κ1) is 15.5. The molecule has 0 unspecified atom stereocenters. The number of rotatable bonds is 5. The third kappa shape index (κ3) is 2.80. The van der Waals surface area contributed by atoms with E-state index in [4.69, 9.17) is 9.15 Å². The van der Waals surface area contributed by atoms with Gasteiger partial charge in [-0.05, 0) is 37.6 Å². The highest BCUT2D eigenvalue weighted by Crippen LogP contribution is 2.30. The molecule has 6 nitrogen and oxygen atoms in total. The van der Waals surface area contributed by atoms with Crippen LogP contribution in [0.25, 0.3) is 11.0 Å². The van der Waals surface area contributed by atoms with Gasteiger partial charge in [-0.3, -0.25) is 0 Å². The van der Waals surface area contributed by atoms with Crippen molar-refractivity contribution in [3.63, 3.8) is 0 Å². The topological polar surface area (TPSA) is 75.8 Å². The molecule has 1 aromatic carbocycles. The number of fused-ring (bicyclic) bond motifs is 1. The number of nitrogens with zero attached hydrogens (tertiary/aromatic N) is 2. The lowest BCUT2D eigenvalue weighted by Gasteiger charge is -2.33. The second-order valence-electron chi connectivity index (χ2n) is 6.11. The van der Waals surface area contributed by atoms with Crippen LogP contribution in [0.15, 0.2) is 40.9 Å². The Kier molecular flexibility index (Phi) is 3.80. The van der Waals surface area contributed by atoms with Gasteiger partial charge in [-0.25, -0.2) is 9.78 Å². The summed E-state index contributed by atoms with van der Waals surface area (Å²) < 4.78 is 11.4. The van der Waals surface area contributed by atoms with Crippen molar-refractivity contribution in [3.8, 4) is 5.75 Å². The highest BCUT2D eigenvalue weighted by molar-refractivity contribution is 6.03. The minimum atomic E-state index is -0.999. The van der Waals surface area contributed by atoms with Crippen LogP contribution in [-0.2, 0) is 6.61 Å². The maximum atomic E-state index is 11.4. The zero-order valence-electron chi connectivity index (χ0n) is 13.9. The maximum absolute atomic E-state index is 11.4. The van der Waals surface area contributed by atoms with Gasteiger partial charge in [-0.15, -0.1) is 0 Å². The van der Waals surface area contributed by atoms with Gasteiger partial charge in [-0.2, -0.15) is 0 Å². The Morgan fingerprint density at radius 2 is 2.20 bits per heavy atom. The molecule has 25 heavy (non-hydrogen) atoms. The molecule has 1 N–H and O–H groups in total. The molecule has 0 atom stereocenters. The molecular weight excluding hydrogens is 320 g/mol. The first-order chi connectivity index (χ1) is 12.1. The summed E-state index contributed by atoms with van der Waals surface area (Å²) in [6.07, 6.45) is 2.97. The SMILES string of the molecule is Cc1oc2ccc(OCc3cccnc3N3CCC3)cc2c1C(=O)O. The fraction of sp³-hybridized carbons (Fsp3) is 0.263. The summed E-state index contributed by atoms with van der Waals surface area (Å²) in [6, 6.07) is 9.15. The maximum Gasteiger partial charge on any atom is 0.339 e. The predicted octanol–water partition coefficient (Wildman–Crippen LogP) is 3.62. The Hall–Kier alpha value is -3.02. The number of aromatic carboxylic acids is 1. The van der Waals surface area contributed by atoms with Crippen LogP contribution in [0.2, 0.25) is 0 Å². The molecule has 0 saturated carbocycles. The Balaban J connectivity index is 1.59. The molecule has 0 aliphatic carbocycles. The summed E-state index contributed by atoms with van der Waals surface area (Å²) in [4.78, 5) is 18.1. The summed E-state index contributed by atoms with van der Waals surface area (Å²) in [5, 5.41) is 9.92. The van der Waals surface area contributed by atoms with Gasteiger partial charge in [0.2, 0.25) is 0 Å². The number of anilines is 1. The number of benzene rings is 1. The molecular formula is C19H18N2O4. The molecule has 128 valence electrons. The number of carboxylic acid groups (broad SMARTS) is 1. The first-order valence-corrected chi connectivity index (χ1v) is 8.21. The van der Waals surface area contributed by atoms with Crippen molar-refractivity contribution in [2.75, 3.05) is 18.0 Å². The van der Waals surface area contributed by atoms with Crippen LogP contribution < -0.4 is 9.64 Å². The predicted molar refractivity (Wildman–Crippen MR) is 93.3 cm³/mol. The second kappa shape index (κ2) is 6.12. The van der Waals surface area contributed by atoms with Crippen molar-refractivity contribution < 1.29 is 19.1 Å². The van der Waals surface area contributed by atoms with Crippen molar-refractivity contribution in [1.29, 1.82) is 0 Å². The molecule has 3 heterocycles. The number of pyridine rings is 1. The summed E-state index contributed by atoms with van der Waals surface area (Å²) in [7, 11) is 0. The van der Waals surface area contributed by atoms with Crippen LogP contribution in [0.4, 0.5) is 5.82 Å². The lowest BCUT2D eigenvalue weighted by atomic mass is 10.1. The molecule has 1 aliphatic heterocycles. The highest BCUT2D eigenvalue weighted by atomic mass is 16.5. The van der Waals surface area contributed by atoms with E-state index in [2.05, 4.69) is 9.88 Å². The first-order valence-electron chi connectivity index (χ1n) is 8.21. The molecule has 0 bridgehead atoms. The largest absolute Gasteiger partial charge is 0.489 e. The van der Waals surface area contributed by atoms with E-state index >= 15 is 0 Å². The summed E-state index contributed by atoms with van der Waals surface area (Å²) in [5.41, 5.74) is 1.75. The van der Waals surface area contributed by atoms with E-state index in [1.807, 2.05) is 12.1 Å². The van der Waals surface area contributed by atoms with Gasteiger partial charge in [-0.1, -0.05) is 6.07 Å². The number of furan rings is 1. The van der Waals surface area contributed by atoms with Gasteiger partial charge in [0.25, 0.3) is 0 Å². The van der Waals surface area contributed by atoms with Gasteiger partial charge >= 0.3 is 5.97 Å². The number of hydrogen-bond donors (Lipinski definition) is 1. The molecule has 0 radical (unpaired) electrons. The van der Waals surface area contributed by atoms with Gasteiger partial charge in [0.15, 0.2) is 0 Å². The van der Waals surface area contributed by atoms with E-state index in [1.165, 1.54) is 6.42 Å². The number of hydrogen-bond acceptors (Lipinski definition) is 5. The van der Waals surface area contributed by atoms with Crippen molar-refractivity contribution in [3.05, 3.63) is 53.4 Å². The summed E-state index contributed by atoms with van der Waals surface area (Å²) in [6.45, 7) is 4.07. The fourth-order valence-electron chi connectivity index (χ4n) is 3.07. The van der Waals surface area contributed by atoms with E-state index in [9.17, 15) is 9.90 Å². The molecule has 6 heteroatoms. The Morgan fingerprint density at radius 1 is 1.36 bits per heavy atom. The minimum Gasteiger partial charge on any atom is -0.489 e. The third-order valence-corrected chi connectivity index (χ3v) is 4.47. The van der Waals surface area contributed by atoms with Gasteiger partial charge in [0.1, 0.15) is 35.1 Å². The molecule has 2 aromatic heterocycles. The van der Waals surface area contributed by atoms with Crippen LogP contribution in [0.1, 0.15) is 28.1 Å². The molecule has 0 amide bonds. The zero-order chi connectivity index (χ0) is 17.4. The normalized spacial score (nSPS) is 13.7. The van der Waals surface area contributed by atoms with E-state index in [-0.39, 0.29) is 5.56 Å². The lowest BCUT2D eigenvalue weighted by Crippen LogP contribution is -2.38. The number of aryl methyl sites for hydroxylation is 1. The van der Waals surface area contributed by atoms with E-state index < -0.39 is 5.97 Å². The van der Waals surface area contributed by atoms with Gasteiger partial charge in [0, 0.05) is 30.2 Å². The molecule has 3 aromatic rings. The minimum absolute atomic E-state index is 0.183. The molecule has 4 rings (SSSR count). The molecule has 1 saturated heterocycles. The van der Waals surface area contributed by atoms with Gasteiger partial charge < -0.3 is 19.2 Å². The number of carboxylic acids is 1. The van der Waals surface area contributed by atoms with Crippen LogP contribution in [-0.4, -0.2) is 29.1 Å². The van der Waals surface area contributed by atoms with Crippen molar-refractivity contribution >= 4 is 22.8 Å². The molecule has 0 spiro atoms. The Morgan fingerprint density at radius 3 is 2.92 bits per heavy atom. The highest BCUT2D eigenvalue weighted by Gasteiger charge is 2.20. The Bertz CT molecular complexity index is 944. The van der Waals surface area contributed by atoms with E-state index in [0.717, 1.165) is 24.5 Å². The van der Waals surface area contributed by atoms with E-state index in [0.29, 0.717) is 29.1 Å². The number of ether oxygens (including phenoxy) is 1. The lowest BCUT2D eigenvalue weighted by molar-refractivity contribution is 0.0697. The third-order valence-electron chi connectivity index (χ3n) is 4.47. The average molecular weight is 338 g/mol. The Labute approximate surface area is 144 Å². The molecule has 1 aliphatic rings. The van der Waals surface area contributed by atoms with Crippen LogP contribution in [0, 0.1) is 6.92 Å². The number of aromatic nitrogens is 1. The zero-order valence-corrected chi connectivity index (χ0v) is 13.9. The van der Waals surface area contributed by atoms with Gasteiger partial charge in [0.05, 0.1) is 0 Å².